The Labute approximate surface area is 115 Å². The monoisotopic (exact) mass is 258 g/mol. The van der Waals surface area contributed by atoms with E-state index in [-0.39, 0.29) is 11.2 Å². The van der Waals surface area contributed by atoms with E-state index in [2.05, 4.69) is 13.8 Å². The fourth-order valence-electron chi connectivity index (χ4n) is 2.65. The number of ketones is 1. The maximum atomic E-state index is 11.6. The summed E-state index contributed by atoms with van der Waals surface area (Å²) in [6, 6.07) is 9.85. The predicted molar refractivity (Wildman–Crippen MR) is 77.3 cm³/mol. The molecular weight excluding hydrogens is 236 g/mol. The van der Waals surface area contributed by atoms with Crippen LogP contribution in [0.5, 0.6) is 5.75 Å². The van der Waals surface area contributed by atoms with E-state index in [0.717, 1.165) is 25.0 Å². The van der Waals surface area contributed by atoms with Crippen LogP contribution in [-0.4, -0.2) is 12.4 Å². The van der Waals surface area contributed by atoms with Gasteiger partial charge in [-0.3, -0.25) is 4.79 Å². The van der Waals surface area contributed by atoms with Gasteiger partial charge in [-0.25, -0.2) is 0 Å². The lowest BCUT2D eigenvalue weighted by Crippen LogP contribution is -2.22. The Morgan fingerprint density at radius 3 is 2.58 bits per heavy atom. The molecule has 0 saturated heterocycles. The summed E-state index contributed by atoms with van der Waals surface area (Å²) >= 11 is 0. The molecule has 0 spiro atoms. The Bertz CT molecular complexity index is 457. The molecule has 1 aromatic carbocycles. The minimum absolute atomic E-state index is 0.126. The molecule has 0 radical (unpaired) electrons. The van der Waals surface area contributed by atoms with Crippen LogP contribution in [-0.2, 0) is 4.79 Å². The molecule has 2 heteroatoms. The first-order valence-corrected chi connectivity index (χ1v) is 6.95. The van der Waals surface area contributed by atoms with Crippen LogP contribution >= 0.6 is 0 Å². The molecule has 0 bridgehead atoms. The highest BCUT2D eigenvalue weighted by molar-refractivity contribution is 5.91. The third-order valence-corrected chi connectivity index (χ3v) is 3.38. The minimum atomic E-state index is 0.126. The van der Waals surface area contributed by atoms with E-state index in [1.165, 1.54) is 5.57 Å². The van der Waals surface area contributed by atoms with Gasteiger partial charge in [-0.1, -0.05) is 37.6 Å². The van der Waals surface area contributed by atoms with Crippen LogP contribution in [0.1, 0.15) is 39.5 Å². The molecule has 0 saturated carbocycles. The number of para-hydroxylation sites is 1. The Kier molecular flexibility index (Phi) is 4.41. The Balaban J connectivity index is 1.75. The van der Waals surface area contributed by atoms with E-state index >= 15 is 0 Å². The summed E-state index contributed by atoms with van der Waals surface area (Å²) in [4.78, 5) is 11.6. The quantitative estimate of drug-likeness (QED) is 0.741. The average Bonchev–Trinajstić information content (AvgIpc) is 2.33. The van der Waals surface area contributed by atoms with Crippen LogP contribution < -0.4 is 4.74 Å². The van der Waals surface area contributed by atoms with Gasteiger partial charge in [-0.2, -0.15) is 0 Å². The van der Waals surface area contributed by atoms with E-state index < -0.39 is 0 Å². The third kappa shape index (κ3) is 4.55. The minimum Gasteiger partial charge on any atom is -0.494 e. The molecule has 1 aliphatic carbocycles. The van der Waals surface area contributed by atoms with Crippen LogP contribution in [0.3, 0.4) is 0 Å². The van der Waals surface area contributed by atoms with Gasteiger partial charge in [0, 0.05) is 6.42 Å². The number of allylic oxidation sites excluding steroid dienone is 2. The molecule has 0 fully saturated rings. The first kappa shape index (κ1) is 13.9. The van der Waals surface area contributed by atoms with Crippen molar-refractivity contribution in [1.82, 2.24) is 0 Å². The van der Waals surface area contributed by atoms with E-state index in [1.54, 1.807) is 0 Å². The molecule has 102 valence electrons. The maximum Gasteiger partial charge on any atom is 0.156 e. The van der Waals surface area contributed by atoms with E-state index in [9.17, 15) is 4.79 Å². The standard InChI is InChI=1S/C17H22O2/c1-17(2)12-14(11-15(18)13-17)7-6-10-19-16-8-4-3-5-9-16/h3-5,8-9,11H,6-7,10,12-13H2,1-2H3. The second-order valence-corrected chi connectivity index (χ2v) is 6.05. The van der Waals surface area contributed by atoms with E-state index in [0.29, 0.717) is 13.0 Å². The molecule has 1 aromatic rings. The summed E-state index contributed by atoms with van der Waals surface area (Å²) < 4.78 is 5.66. The molecular formula is C17H22O2. The summed E-state index contributed by atoms with van der Waals surface area (Å²) in [5.41, 5.74) is 1.40. The molecule has 0 heterocycles. The second-order valence-electron chi connectivity index (χ2n) is 6.05. The normalized spacial score (nSPS) is 18.0. The Hall–Kier alpha value is -1.57. The summed E-state index contributed by atoms with van der Waals surface area (Å²) in [6.45, 7) is 5.03. The molecule has 0 aromatic heterocycles. The maximum absolute atomic E-state index is 11.6. The molecule has 0 amide bonds. The Morgan fingerprint density at radius 2 is 1.89 bits per heavy atom. The summed E-state index contributed by atoms with van der Waals surface area (Å²) in [6.07, 6.45) is 5.47. The van der Waals surface area contributed by atoms with Gasteiger partial charge in [0.15, 0.2) is 5.78 Å². The molecule has 0 atom stereocenters. The molecule has 19 heavy (non-hydrogen) atoms. The van der Waals surface area contributed by atoms with Crippen LogP contribution in [0.15, 0.2) is 42.0 Å². The second kappa shape index (κ2) is 6.05. The van der Waals surface area contributed by atoms with Gasteiger partial charge in [-0.05, 0) is 42.9 Å². The van der Waals surface area contributed by atoms with E-state index in [4.69, 9.17) is 4.74 Å². The van der Waals surface area contributed by atoms with Crippen molar-refractivity contribution in [2.75, 3.05) is 6.61 Å². The van der Waals surface area contributed by atoms with E-state index in [1.807, 2.05) is 36.4 Å². The van der Waals surface area contributed by atoms with Gasteiger partial charge in [0.2, 0.25) is 0 Å². The fraction of sp³-hybridized carbons (Fsp3) is 0.471. The van der Waals surface area contributed by atoms with Crippen LogP contribution in [0.2, 0.25) is 0 Å². The van der Waals surface area contributed by atoms with Crippen LogP contribution in [0.4, 0.5) is 0 Å². The zero-order valence-corrected chi connectivity index (χ0v) is 11.8. The first-order chi connectivity index (χ1) is 9.05. The lowest BCUT2D eigenvalue weighted by molar-refractivity contribution is -0.117. The number of ether oxygens (including phenoxy) is 1. The number of carbonyl (C=O) groups excluding carboxylic acids is 1. The molecule has 0 N–H and O–H groups in total. The van der Waals surface area contributed by atoms with Crippen molar-refractivity contribution in [3.63, 3.8) is 0 Å². The van der Waals surface area contributed by atoms with Gasteiger partial charge in [0.05, 0.1) is 6.61 Å². The molecule has 0 aliphatic heterocycles. The number of hydrogen-bond acceptors (Lipinski definition) is 2. The number of benzene rings is 1. The highest BCUT2D eigenvalue weighted by Crippen LogP contribution is 2.35. The summed E-state index contributed by atoms with van der Waals surface area (Å²) in [5, 5.41) is 0. The molecule has 2 nitrogen and oxygen atoms in total. The molecule has 1 aliphatic rings. The first-order valence-electron chi connectivity index (χ1n) is 6.95. The topological polar surface area (TPSA) is 26.3 Å². The van der Waals surface area contributed by atoms with Crippen LogP contribution in [0.25, 0.3) is 0 Å². The van der Waals surface area contributed by atoms with Crippen molar-refractivity contribution in [2.24, 2.45) is 5.41 Å². The SMILES string of the molecule is CC1(C)CC(=O)C=C(CCCOc2ccccc2)C1. The predicted octanol–water partition coefficient (Wildman–Crippen LogP) is 4.16. The number of carbonyl (C=O) groups is 1. The molecule has 2 rings (SSSR count). The highest BCUT2D eigenvalue weighted by atomic mass is 16.5. The van der Waals surface area contributed by atoms with Gasteiger partial charge >= 0.3 is 0 Å². The average molecular weight is 258 g/mol. The fourth-order valence-corrected chi connectivity index (χ4v) is 2.65. The van der Waals surface area contributed by atoms with Crippen molar-refractivity contribution in [2.45, 2.75) is 39.5 Å². The van der Waals surface area contributed by atoms with Crippen molar-refractivity contribution in [3.05, 3.63) is 42.0 Å². The third-order valence-electron chi connectivity index (χ3n) is 3.38. The van der Waals surface area contributed by atoms with Crippen molar-refractivity contribution >= 4 is 5.78 Å². The van der Waals surface area contributed by atoms with Crippen molar-refractivity contribution < 1.29 is 9.53 Å². The van der Waals surface area contributed by atoms with Gasteiger partial charge < -0.3 is 4.74 Å². The van der Waals surface area contributed by atoms with Gasteiger partial charge in [0.25, 0.3) is 0 Å². The van der Waals surface area contributed by atoms with Crippen molar-refractivity contribution in [3.8, 4) is 5.75 Å². The Morgan fingerprint density at radius 1 is 1.16 bits per heavy atom. The lowest BCUT2D eigenvalue weighted by atomic mass is 9.76. The zero-order chi connectivity index (χ0) is 13.7. The smallest absolute Gasteiger partial charge is 0.156 e. The summed E-state index contributed by atoms with van der Waals surface area (Å²) in [7, 11) is 0. The van der Waals surface area contributed by atoms with Gasteiger partial charge in [0.1, 0.15) is 5.75 Å². The number of rotatable bonds is 5. The molecule has 0 unspecified atom stereocenters. The van der Waals surface area contributed by atoms with Gasteiger partial charge in [-0.15, -0.1) is 0 Å². The largest absolute Gasteiger partial charge is 0.494 e. The highest BCUT2D eigenvalue weighted by Gasteiger charge is 2.26. The number of hydrogen-bond donors (Lipinski definition) is 0. The van der Waals surface area contributed by atoms with Crippen molar-refractivity contribution in [1.29, 1.82) is 0 Å². The van der Waals surface area contributed by atoms with Crippen LogP contribution in [0, 0.1) is 5.41 Å². The summed E-state index contributed by atoms with van der Waals surface area (Å²) in [5.74, 6) is 1.19. The lowest BCUT2D eigenvalue weighted by Gasteiger charge is -2.28. The zero-order valence-electron chi connectivity index (χ0n) is 11.8.